The normalized spacial score (nSPS) is 19.4. The molecule has 148 valence electrons. The van der Waals surface area contributed by atoms with E-state index in [1.807, 2.05) is 23.1 Å². The Labute approximate surface area is 164 Å². The standard InChI is InChI=1S/C21H25N3O4/c1-27-14-19-22-16-13-23(12-10-18(16)28-19)21(26)17-9-5-6-11-24(17)20(25)15-7-3-2-4-8-15/h2-4,7-8,17H,5-6,9-14H2,1H3. The summed E-state index contributed by atoms with van der Waals surface area (Å²) in [5, 5.41) is 0. The van der Waals surface area contributed by atoms with E-state index >= 15 is 0 Å². The van der Waals surface area contributed by atoms with Crippen molar-refractivity contribution in [3.63, 3.8) is 0 Å². The monoisotopic (exact) mass is 383 g/mol. The van der Waals surface area contributed by atoms with Crippen molar-refractivity contribution >= 4 is 11.8 Å². The Hall–Kier alpha value is -2.67. The molecular weight excluding hydrogens is 358 g/mol. The average Bonchev–Trinajstić information content (AvgIpc) is 3.15. The minimum atomic E-state index is -0.409. The summed E-state index contributed by atoms with van der Waals surface area (Å²) in [5.41, 5.74) is 1.42. The zero-order valence-corrected chi connectivity index (χ0v) is 16.1. The van der Waals surface area contributed by atoms with Gasteiger partial charge in [-0.1, -0.05) is 18.2 Å². The molecule has 2 aliphatic heterocycles. The molecule has 1 atom stereocenters. The Morgan fingerprint density at radius 1 is 1.21 bits per heavy atom. The molecule has 28 heavy (non-hydrogen) atoms. The van der Waals surface area contributed by atoms with Gasteiger partial charge in [0.15, 0.2) is 0 Å². The summed E-state index contributed by atoms with van der Waals surface area (Å²) in [6, 6.07) is 8.78. The van der Waals surface area contributed by atoms with E-state index in [0.717, 1.165) is 24.3 Å². The van der Waals surface area contributed by atoms with Crippen molar-refractivity contribution in [2.24, 2.45) is 0 Å². The minimum absolute atomic E-state index is 0.00548. The topological polar surface area (TPSA) is 75.9 Å². The lowest BCUT2D eigenvalue weighted by Gasteiger charge is -2.38. The van der Waals surface area contributed by atoms with Gasteiger partial charge < -0.3 is 19.0 Å². The molecule has 2 amide bonds. The number of carbonyl (C=O) groups excluding carboxylic acids is 2. The van der Waals surface area contributed by atoms with Crippen LogP contribution in [0, 0.1) is 0 Å². The summed E-state index contributed by atoms with van der Waals surface area (Å²) < 4.78 is 10.8. The van der Waals surface area contributed by atoms with Crippen LogP contribution in [0.15, 0.2) is 34.7 Å². The highest BCUT2D eigenvalue weighted by molar-refractivity contribution is 5.97. The van der Waals surface area contributed by atoms with Gasteiger partial charge in [0.05, 0.1) is 6.54 Å². The van der Waals surface area contributed by atoms with Crippen LogP contribution >= 0.6 is 0 Å². The van der Waals surface area contributed by atoms with Crippen LogP contribution in [0.2, 0.25) is 0 Å². The third kappa shape index (κ3) is 3.67. The summed E-state index contributed by atoms with van der Waals surface area (Å²) >= 11 is 0. The van der Waals surface area contributed by atoms with Crippen molar-refractivity contribution in [3.8, 4) is 0 Å². The van der Waals surface area contributed by atoms with Crippen molar-refractivity contribution < 1.29 is 18.7 Å². The van der Waals surface area contributed by atoms with Gasteiger partial charge >= 0.3 is 0 Å². The number of amides is 2. The van der Waals surface area contributed by atoms with Crippen molar-refractivity contribution in [3.05, 3.63) is 53.2 Å². The number of carbonyl (C=O) groups is 2. The van der Waals surface area contributed by atoms with Crippen molar-refractivity contribution in [1.82, 2.24) is 14.8 Å². The van der Waals surface area contributed by atoms with E-state index in [1.54, 1.807) is 24.1 Å². The van der Waals surface area contributed by atoms with Crippen LogP contribution < -0.4 is 0 Å². The average molecular weight is 383 g/mol. The minimum Gasteiger partial charge on any atom is -0.443 e. The molecule has 2 aliphatic rings. The van der Waals surface area contributed by atoms with Gasteiger partial charge in [-0.05, 0) is 31.4 Å². The van der Waals surface area contributed by atoms with Crippen LogP contribution in [-0.2, 0) is 29.1 Å². The molecule has 1 saturated heterocycles. The van der Waals surface area contributed by atoms with Gasteiger partial charge in [0.2, 0.25) is 11.8 Å². The van der Waals surface area contributed by atoms with E-state index in [9.17, 15) is 9.59 Å². The third-order valence-electron chi connectivity index (χ3n) is 5.42. The first kappa shape index (κ1) is 18.7. The Bertz CT molecular complexity index is 849. The quantitative estimate of drug-likeness (QED) is 0.810. The van der Waals surface area contributed by atoms with Gasteiger partial charge in [-0.3, -0.25) is 9.59 Å². The predicted octanol–water partition coefficient (Wildman–Crippen LogP) is 2.40. The molecule has 1 unspecified atom stereocenters. The number of nitrogens with zero attached hydrogens (tertiary/aromatic N) is 3. The molecule has 7 heteroatoms. The number of piperidine rings is 1. The fourth-order valence-corrected chi connectivity index (χ4v) is 4.01. The number of rotatable bonds is 4. The molecule has 0 N–H and O–H groups in total. The number of oxazole rings is 1. The van der Waals surface area contributed by atoms with E-state index in [2.05, 4.69) is 4.98 Å². The molecule has 4 rings (SSSR count). The molecule has 0 aliphatic carbocycles. The summed E-state index contributed by atoms with van der Waals surface area (Å²) in [7, 11) is 1.60. The Morgan fingerprint density at radius 2 is 2.04 bits per heavy atom. The van der Waals surface area contributed by atoms with Gasteiger partial charge in [-0.2, -0.15) is 0 Å². The summed E-state index contributed by atoms with van der Waals surface area (Å²) in [6.45, 7) is 1.94. The van der Waals surface area contributed by atoms with Crippen molar-refractivity contribution in [2.75, 3.05) is 20.2 Å². The second-order valence-corrected chi connectivity index (χ2v) is 7.30. The lowest BCUT2D eigenvalue weighted by molar-refractivity contribution is -0.138. The Kier molecular flexibility index (Phi) is 5.43. The second-order valence-electron chi connectivity index (χ2n) is 7.30. The van der Waals surface area contributed by atoms with Crippen molar-refractivity contribution in [1.29, 1.82) is 0 Å². The summed E-state index contributed by atoms with van der Waals surface area (Å²) in [4.78, 5) is 34.3. The van der Waals surface area contributed by atoms with E-state index in [4.69, 9.17) is 9.15 Å². The molecule has 0 radical (unpaired) electrons. The van der Waals surface area contributed by atoms with Gasteiger partial charge in [-0.25, -0.2) is 4.98 Å². The molecule has 0 bridgehead atoms. The number of benzene rings is 1. The van der Waals surface area contributed by atoms with Crippen molar-refractivity contribution in [2.45, 2.75) is 44.9 Å². The maximum atomic E-state index is 13.3. The van der Waals surface area contributed by atoms with Crippen LogP contribution in [0.3, 0.4) is 0 Å². The van der Waals surface area contributed by atoms with Gasteiger partial charge in [0, 0.05) is 32.2 Å². The number of hydrogen-bond donors (Lipinski definition) is 0. The van der Waals surface area contributed by atoms with Crippen LogP contribution in [0.5, 0.6) is 0 Å². The maximum Gasteiger partial charge on any atom is 0.254 e. The summed E-state index contributed by atoms with van der Waals surface area (Å²) in [6.07, 6.45) is 3.22. The molecule has 3 heterocycles. The van der Waals surface area contributed by atoms with Crippen LogP contribution in [0.1, 0.15) is 47.0 Å². The molecule has 7 nitrogen and oxygen atoms in total. The highest BCUT2D eigenvalue weighted by atomic mass is 16.5. The lowest BCUT2D eigenvalue weighted by Crippen LogP contribution is -2.53. The fraction of sp³-hybridized carbons (Fsp3) is 0.476. The first-order valence-electron chi connectivity index (χ1n) is 9.78. The highest BCUT2D eigenvalue weighted by Crippen LogP contribution is 2.25. The molecule has 1 fully saturated rings. The highest BCUT2D eigenvalue weighted by Gasteiger charge is 2.37. The molecule has 0 saturated carbocycles. The zero-order valence-electron chi connectivity index (χ0n) is 16.1. The van der Waals surface area contributed by atoms with Gasteiger partial charge in [0.1, 0.15) is 24.1 Å². The van der Waals surface area contributed by atoms with Crippen LogP contribution in [0.25, 0.3) is 0 Å². The molecular formula is C21H25N3O4. The number of likely N-dealkylation sites (tertiary alicyclic amines) is 1. The number of aromatic nitrogens is 1. The third-order valence-corrected chi connectivity index (χ3v) is 5.42. The number of hydrogen-bond acceptors (Lipinski definition) is 5. The number of methoxy groups -OCH3 is 1. The maximum absolute atomic E-state index is 13.3. The number of fused-ring (bicyclic) bond motifs is 1. The smallest absolute Gasteiger partial charge is 0.254 e. The fourth-order valence-electron chi connectivity index (χ4n) is 4.01. The second kappa shape index (κ2) is 8.14. The van der Waals surface area contributed by atoms with Gasteiger partial charge in [0.25, 0.3) is 5.91 Å². The SMILES string of the molecule is COCc1nc2c(o1)CCN(C(=O)C1CCCCN1C(=O)c1ccccc1)C2. The van der Waals surface area contributed by atoms with Crippen LogP contribution in [-0.4, -0.2) is 52.8 Å². The van der Waals surface area contributed by atoms with Crippen LogP contribution in [0.4, 0.5) is 0 Å². The van der Waals surface area contributed by atoms with E-state index in [1.165, 1.54) is 0 Å². The largest absolute Gasteiger partial charge is 0.443 e. The van der Waals surface area contributed by atoms with E-state index in [-0.39, 0.29) is 11.8 Å². The molecule has 1 aromatic heterocycles. The molecule has 2 aromatic rings. The lowest BCUT2D eigenvalue weighted by atomic mass is 9.98. The Morgan fingerprint density at radius 3 is 2.82 bits per heavy atom. The number of ether oxygens (including phenoxy) is 1. The van der Waals surface area contributed by atoms with Gasteiger partial charge in [-0.15, -0.1) is 0 Å². The summed E-state index contributed by atoms with van der Waals surface area (Å²) in [5.74, 6) is 1.31. The first-order valence-corrected chi connectivity index (χ1v) is 9.78. The zero-order chi connectivity index (χ0) is 19.5. The first-order chi connectivity index (χ1) is 13.7. The van der Waals surface area contributed by atoms with E-state index < -0.39 is 6.04 Å². The predicted molar refractivity (Wildman–Crippen MR) is 101 cm³/mol. The molecule has 1 aromatic carbocycles. The molecule has 0 spiro atoms. The Balaban J connectivity index is 1.50. The van der Waals surface area contributed by atoms with E-state index in [0.29, 0.717) is 50.5 Å².